The summed E-state index contributed by atoms with van der Waals surface area (Å²) in [6, 6.07) is 23.2. The first kappa shape index (κ1) is 42.4. The number of benzene rings is 3. The van der Waals surface area contributed by atoms with Gasteiger partial charge in [0, 0.05) is 36.8 Å². The van der Waals surface area contributed by atoms with E-state index < -0.39 is 23.8 Å². The summed E-state index contributed by atoms with van der Waals surface area (Å²) in [6.45, 7) is 6.53. The molecule has 1 aliphatic rings. The Morgan fingerprint density at radius 2 is 1.39 bits per heavy atom. The first-order valence-electron chi connectivity index (χ1n) is 19.2. The zero-order valence-electron chi connectivity index (χ0n) is 33.2. The minimum absolute atomic E-state index is 0.0274. The molecule has 3 aromatic carbocycles. The van der Waals surface area contributed by atoms with Crippen molar-refractivity contribution in [2.45, 2.75) is 59.2 Å². The molecule has 1 saturated heterocycles. The van der Waals surface area contributed by atoms with E-state index in [1.807, 2.05) is 74.5 Å². The molecule has 15 heteroatoms. The Balaban J connectivity index is 0.000000287. The molecule has 0 saturated carbocycles. The molecule has 7 rings (SSSR count). The lowest BCUT2D eigenvalue weighted by atomic mass is 9.90. The number of anilines is 1. The Labute approximate surface area is 339 Å². The fourth-order valence-corrected chi connectivity index (χ4v) is 6.76. The molecule has 2 N–H and O–H groups in total. The second-order valence-corrected chi connectivity index (χ2v) is 14.2. The Hall–Kier alpha value is -6.22. The van der Waals surface area contributed by atoms with Crippen LogP contribution in [-0.2, 0) is 36.8 Å². The van der Waals surface area contributed by atoms with Crippen LogP contribution in [0.5, 0.6) is 11.5 Å². The molecule has 2 atom stereocenters. The minimum Gasteiger partial charge on any atom is -0.497 e. The summed E-state index contributed by atoms with van der Waals surface area (Å²) in [5.74, 6) is 2.03. The summed E-state index contributed by atoms with van der Waals surface area (Å²) in [4.78, 5) is 30.1. The Morgan fingerprint density at radius 1 is 0.814 bits per heavy atom. The quantitative estimate of drug-likeness (QED) is 0.108. The van der Waals surface area contributed by atoms with Gasteiger partial charge in [-0.15, -0.1) is 0 Å². The van der Waals surface area contributed by atoms with Crippen molar-refractivity contribution in [3.8, 4) is 34.4 Å². The predicted octanol–water partition coefficient (Wildman–Crippen LogP) is 8.56. The van der Waals surface area contributed by atoms with Crippen molar-refractivity contribution in [2.75, 3.05) is 31.7 Å². The van der Waals surface area contributed by atoms with Crippen molar-refractivity contribution >= 4 is 11.9 Å². The number of carboxylic acid groups (broad SMARTS) is 1. The molecule has 4 heterocycles. The van der Waals surface area contributed by atoms with Crippen molar-refractivity contribution in [1.29, 1.82) is 0 Å². The third-order valence-electron chi connectivity index (χ3n) is 10.00. The number of nitrogens with zero attached hydrogens (tertiary/aromatic N) is 5. The number of ether oxygens (including phenoxy) is 2. The molecule has 0 bridgehead atoms. The van der Waals surface area contributed by atoms with Crippen LogP contribution in [0.25, 0.3) is 22.9 Å². The van der Waals surface area contributed by atoms with Gasteiger partial charge in [-0.05, 0) is 98.3 Å². The highest BCUT2D eigenvalue weighted by Gasteiger charge is 2.40. The number of hydrogen-bond donors (Lipinski definition) is 2. The molecule has 3 aromatic heterocycles. The number of methoxy groups -OCH3 is 1. The summed E-state index contributed by atoms with van der Waals surface area (Å²) in [7, 11) is 1.66. The fourth-order valence-electron chi connectivity index (χ4n) is 6.76. The first-order chi connectivity index (χ1) is 28.3. The normalized spacial score (nSPS) is 15.2. The molecule has 310 valence electrons. The fraction of sp³-hybridized carbons (Fsp3) is 0.341. The molecule has 59 heavy (non-hydrogen) atoms. The number of aliphatic hydroxyl groups is 1. The van der Waals surface area contributed by atoms with Gasteiger partial charge < -0.3 is 33.4 Å². The van der Waals surface area contributed by atoms with E-state index in [-0.39, 0.29) is 31.6 Å². The number of rotatable bonds is 14. The van der Waals surface area contributed by atoms with Crippen LogP contribution in [0.1, 0.15) is 53.1 Å². The highest BCUT2D eigenvalue weighted by atomic mass is 19.4. The summed E-state index contributed by atoms with van der Waals surface area (Å²) < 4.78 is 61.8. The third-order valence-corrected chi connectivity index (χ3v) is 10.00. The highest BCUT2D eigenvalue weighted by Crippen LogP contribution is 2.33. The lowest BCUT2D eigenvalue weighted by Crippen LogP contribution is -2.25. The number of oxazole rings is 2. The van der Waals surface area contributed by atoms with E-state index in [1.165, 1.54) is 4.90 Å². The number of alkyl halides is 3. The van der Waals surface area contributed by atoms with Crippen LogP contribution in [0.3, 0.4) is 0 Å². The van der Waals surface area contributed by atoms with Crippen molar-refractivity contribution in [2.24, 2.45) is 11.8 Å². The number of carboxylic acids is 1. The average Bonchev–Trinajstić information content (AvgIpc) is 3.95. The molecule has 0 radical (unpaired) electrons. The van der Waals surface area contributed by atoms with Gasteiger partial charge >= 0.3 is 12.1 Å². The number of aromatic nitrogens is 4. The molecule has 0 aliphatic carbocycles. The lowest BCUT2D eigenvalue weighted by molar-refractivity contribution is -0.142. The van der Waals surface area contributed by atoms with Gasteiger partial charge in [-0.1, -0.05) is 37.6 Å². The summed E-state index contributed by atoms with van der Waals surface area (Å²) >= 11 is 0. The van der Waals surface area contributed by atoms with Gasteiger partial charge in [0.1, 0.15) is 28.7 Å². The molecule has 0 spiro atoms. The van der Waals surface area contributed by atoms with Crippen molar-refractivity contribution in [3.63, 3.8) is 0 Å². The van der Waals surface area contributed by atoms with Crippen LogP contribution in [0.15, 0.2) is 93.9 Å². The summed E-state index contributed by atoms with van der Waals surface area (Å²) in [6.07, 6.45) is -0.583. The van der Waals surface area contributed by atoms with E-state index in [4.69, 9.17) is 18.3 Å². The van der Waals surface area contributed by atoms with Gasteiger partial charge in [0.05, 0.1) is 37.6 Å². The SMILES string of the molecule is CCCc1nc(-c2ccc(OC)cc2)oc1C.Cc1oc(-c2ccc(CO)cc2)nc1CCOc1ccc(C[C@@H]2CN(c3nccc(C(F)(F)F)n3)C[C@@H]2C(=O)O)cc1. The molecule has 12 nitrogen and oxygen atoms in total. The zero-order chi connectivity index (χ0) is 42.1. The largest absolute Gasteiger partial charge is 0.497 e. The number of aliphatic hydroxyl groups excluding tert-OH is 1. The maximum Gasteiger partial charge on any atom is 0.433 e. The molecule has 6 aromatic rings. The second-order valence-electron chi connectivity index (χ2n) is 14.2. The molecule has 0 unspecified atom stereocenters. The number of hydrogen-bond acceptors (Lipinski definition) is 11. The van der Waals surface area contributed by atoms with Gasteiger partial charge in [0.15, 0.2) is 0 Å². The second kappa shape index (κ2) is 19.0. The number of halogens is 3. The highest BCUT2D eigenvalue weighted by molar-refractivity contribution is 5.72. The van der Waals surface area contributed by atoms with Gasteiger partial charge in [0.2, 0.25) is 17.7 Å². The Bertz CT molecular complexity index is 2290. The van der Waals surface area contributed by atoms with Crippen LogP contribution < -0.4 is 14.4 Å². The maximum absolute atomic E-state index is 13.1. The van der Waals surface area contributed by atoms with E-state index in [0.717, 1.165) is 70.3 Å². The van der Waals surface area contributed by atoms with Gasteiger partial charge in [0.25, 0.3) is 0 Å². The molecule has 1 aliphatic heterocycles. The number of aliphatic carboxylic acids is 1. The topological polar surface area (TPSA) is 157 Å². The summed E-state index contributed by atoms with van der Waals surface area (Å²) in [5, 5.41) is 19.0. The van der Waals surface area contributed by atoms with E-state index in [1.54, 1.807) is 19.2 Å². The first-order valence-corrected chi connectivity index (χ1v) is 19.2. The number of carbonyl (C=O) groups is 1. The maximum atomic E-state index is 13.1. The summed E-state index contributed by atoms with van der Waals surface area (Å²) in [5.41, 5.74) is 4.26. The smallest absolute Gasteiger partial charge is 0.433 e. The van der Waals surface area contributed by atoms with Crippen LogP contribution >= 0.6 is 0 Å². The molecular formula is C44H46F3N5O7. The van der Waals surface area contributed by atoms with Crippen molar-refractivity contribution in [3.05, 3.63) is 125 Å². The predicted molar refractivity (Wildman–Crippen MR) is 213 cm³/mol. The standard InChI is InChI=1S/C30H29F3N4O5.C14H17NO2/c1-18-25(35-27(42-18)21-6-2-20(17-38)3-7-21)11-13-41-23-8-4-19(5-9-23)14-22-15-37(16-24(22)28(39)40)29-34-12-10-26(36-29)30(31,32)33;1-4-5-13-10(2)17-14(15-13)11-6-8-12(16-3)9-7-11/h2-10,12,22,24,38H,11,13-17H2,1H3,(H,39,40);6-9H,4-5H2,1-3H3/t22-,24+;/m1./s1. The van der Waals surface area contributed by atoms with Gasteiger partial charge in [-0.2, -0.15) is 13.2 Å². The van der Waals surface area contributed by atoms with Crippen LogP contribution in [0, 0.1) is 25.7 Å². The lowest BCUT2D eigenvalue weighted by Gasteiger charge is -2.17. The third kappa shape index (κ3) is 10.8. The minimum atomic E-state index is -4.61. The molecule has 1 fully saturated rings. The molecule has 0 amide bonds. The van der Waals surface area contributed by atoms with Gasteiger partial charge in [-0.25, -0.2) is 19.9 Å². The van der Waals surface area contributed by atoms with Crippen molar-refractivity contribution in [1.82, 2.24) is 19.9 Å². The number of aryl methyl sites for hydroxylation is 3. The van der Waals surface area contributed by atoms with Gasteiger partial charge in [-0.3, -0.25) is 4.79 Å². The van der Waals surface area contributed by atoms with Crippen molar-refractivity contribution < 1.29 is 46.5 Å². The Morgan fingerprint density at radius 3 is 1.95 bits per heavy atom. The van der Waals surface area contributed by atoms with Crippen LogP contribution in [0.2, 0.25) is 0 Å². The monoisotopic (exact) mass is 813 g/mol. The van der Waals surface area contributed by atoms with Crippen LogP contribution in [0.4, 0.5) is 19.1 Å². The van der Waals surface area contributed by atoms with E-state index in [2.05, 4.69) is 26.9 Å². The van der Waals surface area contributed by atoms with E-state index in [9.17, 15) is 28.2 Å². The van der Waals surface area contributed by atoms with E-state index >= 15 is 0 Å². The molecular weight excluding hydrogens is 768 g/mol. The average molecular weight is 814 g/mol. The van der Waals surface area contributed by atoms with E-state index in [0.29, 0.717) is 42.7 Å². The van der Waals surface area contributed by atoms with Crippen LogP contribution in [-0.4, -0.2) is 62.9 Å². The Kier molecular flexibility index (Phi) is 13.7. The zero-order valence-corrected chi connectivity index (χ0v) is 33.2.